The molecule has 38 heavy (non-hydrogen) atoms. The summed E-state index contributed by atoms with van der Waals surface area (Å²) < 4.78 is 27.8. The maximum absolute atomic E-state index is 11.0. The summed E-state index contributed by atoms with van der Waals surface area (Å²) >= 11 is 17.6. The van der Waals surface area contributed by atoms with Gasteiger partial charge in [-0.1, -0.05) is 126 Å². The van der Waals surface area contributed by atoms with Crippen LogP contribution in [0.25, 0.3) is 0 Å². The van der Waals surface area contributed by atoms with E-state index in [9.17, 15) is 5.11 Å². The van der Waals surface area contributed by atoms with Crippen LogP contribution >= 0.6 is 34.8 Å². The fraction of sp³-hybridized carbons (Fsp3) is 0.321. The Morgan fingerprint density at radius 3 is 1.50 bits per heavy atom. The lowest BCUT2D eigenvalue weighted by Gasteiger charge is -2.44. The Hall–Kier alpha value is -2.20. The molecule has 5 atom stereocenters. The van der Waals surface area contributed by atoms with E-state index in [4.69, 9.17) is 63.9 Å². The van der Waals surface area contributed by atoms with Crippen molar-refractivity contribution < 1.29 is 28.8 Å². The number of ether oxygens (including phenoxy) is 5. The number of halogens is 3. The van der Waals surface area contributed by atoms with Crippen molar-refractivity contribution in [2.75, 3.05) is 0 Å². The lowest BCUT2D eigenvalue weighted by molar-refractivity contribution is -0.348. The lowest BCUT2D eigenvalue weighted by Crippen LogP contribution is -2.61. The van der Waals surface area contributed by atoms with Crippen molar-refractivity contribution in [3.63, 3.8) is 0 Å². The molecule has 1 aliphatic heterocycles. The van der Waals surface area contributed by atoms with Gasteiger partial charge in [-0.05, 0) is 16.7 Å². The third-order valence-electron chi connectivity index (χ3n) is 5.82. The summed E-state index contributed by atoms with van der Waals surface area (Å²) in [6.07, 6.45) is -5.60. The lowest BCUT2D eigenvalue weighted by atomic mass is 10.0. The Morgan fingerprint density at radius 1 is 0.684 bits per heavy atom. The Labute approximate surface area is 236 Å². The molecular weight excluding hydrogens is 553 g/mol. The van der Waals surface area contributed by atoms with Gasteiger partial charge in [-0.3, -0.25) is 5.41 Å². The number of hydrogen-bond donors (Lipinski definition) is 2. The van der Waals surface area contributed by atoms with Gasteiger partial charge in [0.1, 0.15) is 18.3 Å². The van der Waals surface area contributed by atoms with Crippen LogP contribution < -0.4 is 0 Å². The monoisotopic (exact) mass is 579 g/mol. The van der Waals surface area contributed by atoms with Crippen molar-refractivity contribution in [3.8, 4) is 0 Å². The Morgan fingerprint density at radius 2 is 1.08 bits per heavy atom. The average molecular weight is 581 g/mol. The van der Waals surface area contributed by atoms with E-state index in [1.165, 1.54) is 0 Å². The molecule has 1 saturated heterocycles. The summed E-state index contributed by atoms with van der Waals surface area (Å²) in [6, 6.07) is 28.6. The van der Waals surface area contributed by atoms with Crippen molar-refractivity contribution in [1.82, 2.24) is 0 Å². The van der Waals surface area contributed by atoms with E-state index in [1.54, 1.807) is 0 Å². The van der Waals surface area contributed by atoms with Crippen molar-refractivity contribution >= 4 is 40.7 Å². The van der Waals surface area contributed by atoms with Gasteiger partial charge in [0.15, 0.2) is 6.29 Å². The molecule has 0 radical (unpaired) electrons. The van der Waals surface area contributed by atoms with Gasteiger partial charge in [-0.2, -0.15) is 0 Å². The molecule has 1 aliphatic rings. The molecule has 7 nitrogen and oxygen atoms in total. The fourth-order valence-corrected chi connectivity index (χ4v) is 4.05. The van der Waals surface area contributed by atoms with Crippen LogP contribution in [0.1, 0.15) is 16.7 Å². The minimum absolute atomic E-state index is 0.169. The summed E-state index contributed by atoms with van der Waals surface area (Å²) in [7, 11) is 0. The summed E-state index contributed by atoms with van der Waals surface area (Å²) in [5, 5.41) is 19.0. The van der Waals surface area contributed by atoms with Crippen molar-refractivity contribution in [1.29, 1.82) is 5.41 Å². The number of rotatable bonds is 10. The third kappa shape index (κ3) is 8.15. The largest absolute Gasteiger partial charge is 0.445 e. The molecule has 4 rings (SSSR count). The second kappa shape index (κ2) is 13.7. The van der Waals surface area contributed by atoms with Crippen LogP contribution in [0.15, 0.2) is 91.0 Å². The summed E-state index contributed by atoms with van der Waals surface area (Å²) in [5.41, 5.74) is 2.70. The first-order valence-corrected chi connectivity index (χ1v) is 13.1. The molecule has 0 amide bonds. The first kappa shape index (κ1) is 28.8. The molecule has 3 aromatic rings. The predicted molar refractivity (Wildman–Crippen MR) is 145 cm³/mol. The molecule has 3 aromatic carbocycles. The molecule has 0 aromatic heterocycles. The zero-order chi connectivity index (χ0) is 27.0. The predicted octanol–water partition coefficient (Wildman–Crippen LogP) is 5.78. The van der Waals surface area contributed by atoms with Gasteiger partial charge in [-0.15, -0.1) is 0 Å². The van der Waals surface area contributed by atoms with Crippen LogP contribution in [0.5, 0.6) is 0 Å². The third-order valence-corrected chi connectivity index (χ3v) is 6.33. The van der Waals surface area contributed by atoms with Gasteiger partial charge in [0.25, 0.3) is 3.79 Å². The van der Waals surface area contributed by atoms with Gasteiger partial charge >= 0.3 is 0 Å². The van der Waals surface area contributed by atoms with E-state index in [0.717, 1.165) is 16.7 Å². The van der Waals surface area contributed by atoms with Gasteiger partial charge in [0.2, 0.25) is 12.2 Å². The maximum atomic E-state index is 11.0. The van der Waals surface area contributed by atoms with E-state index in [0.29, 0.717) is 0 Å². The van der Waals surface area contributed by atoms with Crippen molar-refractivity contribution in [2.45, 2.75) is 54.5 Å². The highest BCUT2D eigenvalue weighted by Gasteiger charge is 2.50. The topological polar surface area (TPSA) is 90.2 Å². The number of benzene rings is 3. The molecule has 2 N–H and O–H groups in total. The maximum Gasteiger partial charge on any atom is 0.265 e. The quantitative estimate of drug-likeness (QED) is 0.179. The van der Waals surface area contributed by atoms with E-state index < -0.39 is 40.6 Å². The smallest absolute Gasteiger partial charge is 0.265 e. The summed E-state index contributed by atoms with van der Waals surface area (Å²) in [5.74, 6) is -0.682. The minimum Gasteiger partial charge on any atom is -0.445 e. The molecule has 1 fully saturated rings. The second-order valence-electron chi connectivity index (χ2n) is 8.62. The average Bonchev–Trinajstić information content (AvgIpc) is 2.92. The van der Waals surface area contributed by atoms with Crippen LogP contribution in [0, 0.1) is 5.41 Å². The molecule has 202 valence electrons. The van der Waals surface area contributed by atoms with Crippen LogP contribution in [0.4, 0.5) is 0 Å². The number of aliphatic hydroxyl groups is 1. The number of hydrogen-bond acceptors (Lipinski definition) is 7. The number of alkyl halides is 3. The van der Waals surface area contributed by atoms with Crippen LogP contribution in [0.2, 0.25) is 0 Å². The first-order valence-electron chi connectivity index (χ1n) is 11.9. The van der Waals surface area contributed by atoms with Gasteiger partial charge in [-0.25, -0.2) is 0 Å². The summed E-state index contributed by atoms with van der Waals surface area (Å²) in [4.78, 5) is 0. The number of nitrogens with one attached hydrogen (secondary N) is 1. The Bertz CT molecular complexity index is 1130. The highest BCUT2D eigenvalue weighted by atomic mass is 35.6. The van der Waals surface area contributed by atoms with Gasteiger partial charge in [0.05, 0.1) is 19.8 Å². The Kier molecular flexibility index (Phi) is 10.4. The zero-order valence-corrected chi connectivity index (χ0v) is 22.6. The molecule has 0 aliphatic carbocycles. The van der Waals surface area contributed by atoms with Gasteiger partial charge < -0.3 is 28.8 Å². The molecule has 0 bridgehead atoms. The number of aliphatic hydroxyl groups excluding tert-OH is 1. The standard InChI is InChI=1S/C28H28Cl3NO6/c29-28(30,31)27(32)38-26-24(36-18-21-14-8-3-9-15-21)22(34-16-19-10-4-1-5-11-19)23(25(33)37-26)35-17-20-12-6-2-7-13-20/h1-15,22-26,32-33H,16-18H2/t22-,23-,24+,25+,26-/m1/s1. The van der Waals surface area contributed by atoms with E-state index in [2.05, 4.69) is 0 Å². The van der Waals surface area contributed by atoms with Crippen LogP contribution in [0.3, 0.4) is 0 Å². The van der Waals surface area contributed by atoms with E-state index >= 15 is 0 Å². The second-order valence-corrected chi connectivity index (χ2v) is 10.9. The van der Waals surface area contributed by atoms with Gasteiger partial charge in [0, 0.05) is 0 Å². The first-order chi connectivity index (χ1) is 18.3. The molecule has 1 heterocycles. The minimum atomic E-state index is -2.14. The van der Waals surface area contributed by atoms with Crippen molar-refractivity contribution in [2.24, 2.45) is 0 Å². The van der Waals surface area contributed by atoms with Crippen LogP contribution in [-0.4, -0.2) is 45.7 Å². The highest BCUT2D eigenvalue weighted by molar-refractivity contribution is 6.76. The SMILES string of the molecule is N=C(O[C@H]1O[C@H](O)[C@H](OCc2ccccc2)[C@@H](OCc2ccccc2)[C@@H]1OCc1ccccc1)C(Cl)(Cl)Cl. The van der Waals surface area contributed by atoms with Crippen molar-refractivity contribution in [3.05, 3.63) is 108 Å². The molecule has 0 spiro atoms. The fourth-order valence-electron chi connectivity index (χ4n) is 3.91. The summed E-state index contributed by atoms with van der Waals surface area (Å²) in [6.45, 7) is 0.559. The molecule has 0 saturated carbocycles. The van der Waals surface area contributed by atoms with E-state index in [-0.39, 0.29) is 19.8 Å². The van der Waals surface area contributed by atoms with Crippen LogP contribution in [-0.2, 0) is 43.5 Å². The molecular formula is C28H28Cl3NO6. The normalized spacial score (nSPS) is 23.6. The Balaban J connectivity index is 1.61. The molecule has 0 unspecified atom stereocenters. The van der Waals surface area contributed by atoms with E-state index in [1.807, 2.05) is 91.0 Å². The highest BCUT2D eigenvalue weighted by Crippen LogP contribution is 2.33. The zero-order valence-electron chi connectivity index (χ0n) is 20.3. The molecule has 10 heteroatoms.